The van der Waals surface area contributed by atoms with Gasteiger partial charge in [0.15, 0.2) is 21.5 Å². The number of carbonyl (C=O) groups excluding carboxylic acids is 1. The summed E-state index contributed by atoms with van der Waals surface area (Å²) in [4.78, 5) is 19.2. The Kier molecular flexibility index (Phi) is 11.0. The van der Waals surface area contributed by atoms with Crippen molar-refractivity contribution < 1.29 is 36.6 Å². The number of aliphatic hydroxyl groups excluding tert-OH is 1. The van der Waals surface area contributed by atoms with E-state index in [1.54, 1.807) is 66.7 Å². The fraction of sp³-hybridized carbons (Fsp3) is 0.235. The van der Waals surface area contributed by atoms with Gasteiger partial charge in [-0.1, -0.05) is 58.4 Å². The molecule has 4 aromatic carbocycles. The van der Waals surface area contributed by atoms with Gasteiger partial charge in [-0.3, -0.25) is 10.2 Å². The summed E-state index contributed by atoms with van der Waals surface area (Å²) < 4.78 is 67.4. The lowest BCUT2D eigenvalue weighted by molar-refractivity contribution is -0.130. The number of aliphatic hydroxyl groups is 1. The van der Waals surface area contributed by atoms with Crippen molar-refractivity contribution in [2.24, 2.45) is 4.99 Å². The van der Waals surface area contributed by atoms with E-state index in [1.807, 2.05) is 0 Å². The summed E-state index contributed by atoms with van der Waals surface area (Å²) in [5.74, 6) is -2.05. The Hall–Kier alpha value is -4.17. The average molecular weight is 729 g/mol. The summed E-state index contributed by atoms with van der Waals surface area (Å²) in [6.45, 7) is 0.132. The summed E-state index contributed by atoms with van der Waals surface area (Å²) in [7, 11) is -3.86. The maximum atomic E-state index is 14.3. The Morgan fingerprint density at radius 1 is 1.00 bits per heavy atom. The predicted molar refractivity (Wildman–Crippen MR) is 175 cm³/mol. The number of nitrogens with zero attached hydrogens (tertiary/aromatic N) is 1. The molecule has 5 rings (SSSR count). The van der Waals surface area contributed by atoms with E-state index in [4.69, 9.17) is 19.6 Å². The average Bonchev–Trinajstić information content (AvgIpc) is 3.46. The van der Waals surface area contributed by atoms with Crippen molar-refractivity contribution in [1.82, 2.24) is 10.9 Å². The van der Waals surface area contributed by atoms with Crippen molar-refractivity contribution in [2.75, 3.05) is 19.0 Å². The number of halogens is 3. The van der Waals surface area contributed by atoms with Crippen LogP contribution in [0.1, 0.15) is 35.6 Å². The van der Waals surface area contributed by atoms with Crippen LogP contribution in [-0.4, -0.2) is 49.8 Å². The number of hydrazine groups is 1. The second-order valence-corrected chi connectivity index (χ2v) is 13.7. The van der Waals surface area contributed by atoms with Crippen LogP contribution < -0.4 is 15.6 Å². The molecule has 47 heavy (non-hydrogen) atoms. The van der Waals surface area contributed by atoms with Crippen LogP contribution in [0.15, 0.2) is 111 Å². The third kappa shape index (κ3) is 8.04. The maximum Gasteiger partial charge on any atom is 0.266 e. The summed E-state index contributed by atoms with van der Waals surface area (Å²) in [5, 5.41) is 9.04. The molecule has 13 heteroatoms. The molecule has 1 amide bonds. The number of hydrogen-bond acceptors (Lipinski definition) is 8. The van der Waals surface area contributed by atoms with E-state index in [0.717, 1.165) is 12.1 Å². The van der Waals surface area contributed by atoms with Gasteiger partial charge >= 0.3 is 0 Å². The molecule has 4 aromatic rings. The van der Waals surface area contributed by atoms with Crippen molar-refractivity contribution in [1.29, 1.82) is 0 Å². The number of amides is 1. The zero-order valence-corrected chi connectivity index (χ0v) is 27.4. The summed E-state index contributed by atoms with van der Waals surface area (Å²) in [5.41, 5.74) is 4.60. The second-order valence-electron chi connectivity index (χ2n) is 10.7. The number of benzene rings is 4. The first-order valence-corrected chi connectivity index (χ1v) is 17.2. The number of carbonyl (C=O) groups is 1. The first-order valence-electron chi connectivity index (χ1n) is 14.7. The fourth-order valence-electron chi connectivity index (χ4n) is 5.06. The molecule has 1 heterocycles. The molecule has 0 spiro atoms. The molecule has 0 aromatic heterocycles. The van der Waals surface area contributed by atoms with E-state index in [9.17, 15) is 22.0 Å². The molecule has 0 fully saturated rings. The van der Waals surface area contributed by atoms with Gasteiger partial charge in [-0.05, 0) is 48.5 Å². The van der Waals surface area contributed by atoms with E-state index in [1.165, 1.54) is 18.2 Å². The number of rotatable bonds is 14. The predicted octanol–water partition coefficient (Wildman–Crippen LogP) is 5.43. The Morgan fingerprint density at radius 2 is 1.72 bits per heavy atom. The molecule has 0 aliphatic carbocycles. The lowest BCUT2D eigenvalue weighted by atomic mass is 9.85. The first-order chi connectivity index (χ1) is 22.6. The highest BCUT2D eigenvalue weighted by molar-refractivity contribution is 9.10. The monoisotopic (exact) mass is 727 g/mol. The third-order valence-electron chi connectivity index (χ3n) is 7.57. The van der Waals surface area contributed by atoms with Crippen LogP contribution in [0.5, 0.6) is 5.75 Å². The van der Waals surface area contributed by atoms with Gasteiger partial charge in [0.25, 0.3) is 5.91 Å². The zero-order chi connectivity index (χ0) is 33.4. The van der Waals surface area contributed by atoms with Gasteiger partial charge < -0.3 is 14.6 Å². The SMILES string of the molecule is O=C(NNCc1ccc(F)cc1F)[C@@]1(CCS(=O)(=O)c2ccccc2)N=C(c2ccc(OCCCO)cc2)O[C@H]1c1ccccc1Br. The van der Waals surface area contributed by atoms with Crippen molar-refractivity contribution in [3.05, 3.63) is 130 Å². The van der Waals surface area contributed by atoms with E-state index in [2.05, 4.69) is 26.8 Å². The summed E-state index contributed by atoms with van der Waals surface area (Å²) in [6, 6.07) is 24.9. The minimum Gasteiger partial charge on any atom is -0.494 e. The molecular weight excluding hydrogens is 696 g/mol. The number of sulfone groups is 1. The van der Waals surface area contributed by atoms with Crippen LogP contribution in [0, 0.1) is 11.6 Å². The second kappa shape index (κ2) is 15.2. The number of aliphatic imine (C=N–C) groups is 1. The molecule has 0 radical (unpaired) electrons. The Balaban J connectivity index is 1.52. The van der Waals surface area contributed by atoms with Crippen molar-refractivity contribution >= 4 is 37.6 Å². The molecule has 0 bridgehead atoms. The van der Waals surface area contributed by atoms with Gasteiger partial charge in [0, 0.05) is 53.2 Å². The Labute approximate surface area is 279 Å². The topological polar surface area (TPSA) is 126 Å². The Bertz CT molecular complexity index is 1840. The van der Waals surface area contributed by atoms with Crippen molar-refractivity contribution in [3.63, 3.8) is 0 Å². The number of hydrogen-bond donors (Lipinski definition) is 3. The molecular formula is C34H32BrF2N3O6S. The smallest absolute Gasteiger partial charge is 0.266 e. The highest BCUT2D eigenvalue weighted by Crippen LogP contribution is 2.45. The van der Waals surface area contributed by atoms with Gasteiger partial charge in [0.2, 0.25) is 5.90 Å². The summed E-state index contributed by atoms with van der Waals surface area (Å²) in [6.07, 6.45) is -0.888. The van der Waals surface area contributed by atoms with Crippen LogP contribution in [0.25, 0.3) is 0 Å². The van der Waals surface area contributed by atoms with E-state index < -0.39 is 44.8 Å². The molecule has 1 aliphatic rings. The van der Waals surface area contributed by atoms with Crippen LogP contribution in [-0.2, 0) is 25.9 Å². The van der Waals surface area contributed by atoms with Gasteiger partial charge in [-0.25, -0.2) is 27.6 Å². The summed E-state index contributed by atoms with van der Waals surface area (Å²) >= 11 is 3.54. The zero-order valence-electron chi connectivity index (χ0n) is 25.0. The fourth-order valence-corrected chi connectivity index (χ4v) is 6.94. The van der Waals surface area contributed by atoms with Crippen molar-refractivity contribution in [3.8, 4) is 5.75 Å². The van der Waals surface area contributed by atoms with Crippen LogP contribution in [0.2, 0.25) is 0 Å². The van der Waals surface area contributed by atoms with Crippen LogP contribution in [0.4, 0.5) is 8.78 Å². The molecule has 2 atom stereocenters. The van der Waals surface area contributed by atoms with Crippen molar-refractivity contribution in [2.45, 2.75) is 35.9 Å². The molecule has 3 N–H and O–H groups in total. The van der Waals surface area contributed by atoms with Gasteiger partial charge in [0.05, 0.1) is 17.3 Å². The molecule has 0 saturated carbocycles. The van der Waals surface area contributed by atoms with E-state index in [0.29, 0.717) is 34.4 Å². The lowest BCUT2D eigenvalue weighted by Gasteiger charge is -2.31. The first kappa shape index (κ1) is 34.2. The van der Waals surface area contributed by atoms with E-state index in [-0.39, 0.29) is 35.9 Å². The highest BCUT2D eigenvalue weighted by Gasteiger charge is 2.54. The molecule has 0 saturated heterocycles. The molecule has 9 nitrogen and oxygen atoms in total. The van der Waals surface area contributed by atoms with E-state index >= 15 is 0 Å². The normalized spacial score (nSPS) is 17.5. The van der Waals surface area contributed by atoms with Gasteiger partial charge in [0.1, 0.15) is 17.4 Å². The maximum absolute atomic E-state index is 14.3. The molecule has 1 aliphatic heterocycles. The number of nitrogens with one attached hydrogen (secondary N) is 2. The largest absolute Gasteiger partial charge is 0.494 e. The molecule has 0 unspecified atom stereocenters. The standard InChI is InChI=1S/C34H32BrF2N3O6S/c35-29-10-5-4-9-28(29)31-34(17-20-47(43,44)27-7-2-1-3-8-27,33(42)40-38-22-24-11-14-25(36)21-30(24)37)39-32(46-31)23-12-15-26(16-13-23)45-19-6-18-41/h1-5,7-16,21,31,38,41H,6,17-20,22H2,(H,40,42)/t31-,34-/m0/s1. The van der Waals surface area contributed by atoms with Gasteiger partial charge in [-0.15, -0.1) is 0 Å². The Morgan fingerprint density at radius 3 is 2.43 bits per heavy atom. The highest BCUT2D eigenvalue weighted by atomic mass is 79.9. The quantitative estimate of drug-likeness (QED) is 0.117. The minimum absolute atomic E-state index is 0.00298. The lowest BCUT2D eigenvalue weighted by Crippen LogP contribution is -2.53. The molecule has 246 valence electrons. The van der Waals surface area contributed by atoms with Crippen LogP contribution in [0.3, 0.4) is 0 Å². The third-order valence-corrected chi connectivity index (χ3v) is 10.0. The van der Waals surface area contributed by atoms with Crippen LogP contribution >= 0.6 is 15.9 Å². The number of ether oxygens (including phenoxy) is 2. The minimum atomic E-state index is -3.86. The van der Waals surface area contributed by atoms with Gasteiger partial charge in [-0.2, -0.15) is 0 Å².